The Morgan fingerprint density at radius 2 is 2.00 bits per heavy atom. The van der Waals surface area contributed by atoms with Crippen LogP contribution in [0.3, 0.4) is 0 Å². The standard InChI is InChI=1S/C11H7Cl2N3O3/c1-6-14-10(13)5-11(15-6)19-7-2-3-9(16(17)18)8(12)4-7/h2-5H,1H3. The van der Waals surface area contributed by atoms with Crippen molar-refractivity contribution in [3.63, 3.8) is 0 Å². The van der Waals surface area contributed by atoms with Crippen LogP contribution >= 0.6 is 23.2 Å². The highest BCUT2D eigenvalue weighted by Gasteiger charge is 2.13. The molecule has 0 amide bonds. The maximum absolute atomic E-state index is 10.6. The van der Waals surface area contributed by atoms with E-state index in [1.54, 1.807) is 6.92 Å². The second-order valence-corrected chi connectivity index (χ2v) is 4.34. The first kappa shape index (κ1) is 13.5. The van der Waals surface area contributed by atoms with E-state index >= 15 is 0 Å². The van der Waals surface area contributed by atoms with Crippen LogP contribution in [0.4, 0.5) is 5.69 Å². The maximum atomic E-state index is 10.6. The van der Waals surface area contributed by atoms with Crippen molar-refractivity contribution in [2.75, 3.05) is 0 Å². The van der Waals surface area contributed by atoms with Crippen molar-refractivity contribution < 1.29 is 9.66 Å². The zero-order chi connectivity index (χ0) is 14.0. The summed E-state index contributed by atoms with van der Waals surface area (Å²) in [4.78, 5) is 18.0. The van der Waals surface area contributed by atoms with Crippen LogP contribution < -0.4 is 4.74 Å². The van der Waals surface area contributed by atoms with E-state index in [1.165, 1.54) is 24.3 Å². The Morgan fingerprint density at radius 3 is 2.58 bits per heavy atom. The Hall–Kier alpha value is -1.92. The number of nitro groups is 1. The van der Waals surface area contributed by atoms with Crippen LogP contribution in [0.2, 0.25) is 10.2 Å². The van der Waals surface area contributed by atoms with Gasteiger partial charge >= 0.3 is 0 Å². The number of rotatable bonds is 3. The van der Waals surface area contributed by atoms with Crippen LogP contribution in [0.15, 0.2) is 24.3 Å². The van der Waals surface area contributed by atoms with Gasteiger partial charge in [-0.3, -0.25) is 10.1 Å². The molecule has 0 fully saturated rings. The van der Waals surface area contributed by atoms with Crippen LogP contribution in [-0.2, 0) is 0 Å². The highest BCUT2D eigenvalue weighted by Crippen LogP contribution is 2.30. The first-order chi connectivity index (χ1) is 8.95. The minimum absolute atomic E-state index is 0.0145. The summed E-state index contributed by atoms with van der Waals surface area (Å²) in [7, 11) is 0. The van der Waals surface area contributed by atoms with Gasteiger partial charge in [-0.2, -0.15) is 4.98 Å². The van der Waals surface area contributed by atoms with Crippen LogP contribution in [0, 0.1) is 17.0 Å². The largest absolute Gasteiger partial charge is 0.439 e. The molecule has 2 rings (SSSR count). The molecule has 0 radical (unpaired) electrons. The molecule has 0 bridgehead atoms. The number of aryl methyl sites for hydroxylation is 1. The molecule has 6 nitrogen and oxygen atoms in total. The van der Waals surface area contributed by atoms with E-state index in [2.05, 4.69) is 9.97 Å². The molecule has 0 aliphatic carbocycles. The monoisotopic (exact) mass is 299 g/mol. The Kier molecular flexibility index (Phi) is 3.82. The van der Waals surface area contributed by atoms with Gasteiger partial charge < -0.3 is 4.74 Å². The number of benzene rings is 1. The highest BCUT2D eigenvalue weighted by molar-refractivity contribution is 6.32. The SMILES string of the molecule is Cc1nc(Cl)cc(Oc2ccc([N+](=O)[O-])c(Cl)c2)n1. The van der Waals surface area contributed by atoms with Gasteiger partial charge in [0.25, 0.3) is 5.69 Å². The molecular formula is C11H7Cl2N3O3. The number of aromatic nitrogens is 2. The van der Waals surface area contributed by atoms with Gasteiger partial charge in [-0.1, -0.05) is 23.2 Å². The third-order valence-corrected chi connectivity index (χ3v) is 2.62. The Labute approximate surface area is 118 Å². The number of ether oxygens (including phenoxy) is 1. The molecule has 0 atom stereocenters. The molecular weight excluding hydrogens is 293 g/mol. The number of hydrogen-bond donors (Lipinski definition) is 0. The number of nitro benzene ring substituents is 1. The third-order valence-electron chi connectivity index (χ3n) is 2.12. The molecule has 1 heterocycles. The maximum Gasteiger partial charge on any atom is 0.288 e. The third kappa shape index (κ3) is 3.30. The normalized spacial score (nSPS) is 10.3. The minimum atomic E-state index is -0.572. The van der Waals surface area contributed by atoms with E-state index in [-0.39, 0.29) is 21.7 Å². The molecule has 0 saturated carbocycles. The highest BCUT2D eigenvalue weighted by atomic mass is 35.5. The summed E-state index contributed by atoms with van der Waals surface area (Å²) in [6.07, 6.45) is 0. The van der Waals surface area contributed by atoms with Crippen molar-refractivity contribution in [3.05, 3.63) is 50.4 Å². The van der Waals surface area contributed by atoms with Crippen molar-refractivity contribution in [1.82, 2.24) is 9.97 Å². The second kappa shape index (κ2) is 5.38. The van der Waals surface area contributed by atoms with Gasteiger partial charge in [0.05, 0.1) is 4.92 Å². The molecule has 98 valence electrons. The lowest BCUT2D eigenvalue weighted by molar-refractivity contribution is -0.384. The quantitative estimate of drug-likeness (QED) is 0.489. The fraction of sp³-hybridized carbons (Fsp3) is 0.0909. The summed E-state index contributed by atoms with van der Waals surface area (Å²) in [6.45, 7) is 1.67. The Balaban J connectivity index is 2.28. The fourth-order valence-electron chi connectivity index (χ4n) is 1.38. The molecule has 0 saturated heterocycles. The van der Waals surface area contributed by atoms with Crippen molar-refractivity contribution in [2.24, 2.45) is 0 Å². The van der Waals surface area contributed by atoms with E-state index in [4.69, 9.17) is 27.9 Å². The molecule has 8 heteroatoms. The first-order valence-electron chi connectivity index (χ1n) is 5.08. The summed E-state index contributed by atoms with van der Waals surface area (Å²) in [5.74, 6) is 1.02. The molecule has 1 aromatic carbocycles. The molecule has 0 spiro atoms. The van der Waals surface area contributed by atoms with Crippen molar-refractivity contribution >= 4 is 28.9 Å². The molecule has 0 aliphatic rings. The average molecular weight is 300 g/mol. The predicted octanol–water partition coefficient (Wildman–Crippen LogP) is 3.79. The Morgan fingerprint density at radius 1 is 1.26 bits per heavy atom. The van der Waals surface area contributed by atoms with Crippen LogP contribution in [0.25, 0.3) is 0 Å². The molecule has 1 aromatic heterocycles. The van der Waals surface area contributed by atoms with Gasteiger partial charge in [-0.15, -0.1) is 0 Å². The predicted molar refractivity (Wildman–Crippen MR) is 70.0 cm³/mol. The van der Waals surface area contributed by atoms with Gasteiger partial charge in [-0.05, 0) is 13.0 Å². The van der Waals surface area contributed by atoms with Crippen LogP contribution in [0.5, 0.6) is 11.6 Å². The van der Waals surface area contributed by atoms with Gasteiger partial charge in [-0.25, -0.2) is 4.98 Å². The van der Waals surface area contributed by atoms with E-state index in [0.29, 0.717) is 11.6 Å². The molecule has 0 unspecified atom stereocenters. The molecule has 19 heavy (non-hydrogen) atoms. The fourth-order valence-corrected chi connectivity index (χ4v) is 1.83. The first-order valence-corrected chi connectivity index (χ1v) is 5.84. The summed E-state index contributed by atoms with van der Waals surface area (Å²) in [5, 5.41) is 10.9. The number of hydrogen-bond acceptors (Lipinski definition) is 5. The number of halogens is 2. The lowest BCUT2D eigenvalue weighted by atomic mass is 10.3. The van der Waals surface area contributed by atoms with Crippen LogP contribution in [-0.4, -0.2) is 14.9 Å². The van der Waals surface area contributed by atoms with Crippen molar-refractivity contribution in [1.29, 1.82) is 0 Å². The lowest BCUT2D eigenvalue weighted by Gasteiger charge is -2.06. The van der Waals surface area contributed by atoms with Gasteiger partial charge in [0.1, 0.15) is 21.7 Å². The van der Waals surface area contributed by atoms with E-state index in [9.17, 15) is 10.1 Å². The summed E-state index contributed by atoms with van der Waals surface area (Å²) < 4.78 is 5.41. The molecule has 0 N–H and O–H groups in total. The van der Waals surface area contributed by atoms with E-state index < -0.39 is 4.92 Å². The topological polar surface area (TPSA) is 78.2 Å². The Bertz CT molecular complexity index is 629. The van der Waals surface area contributed by atoms with Crippen LogP contribution in [0.1, 0.15) is 5.82 Å². The zero-order valence-corrected chi connectivity index (χ0v) is 11.1. The van der Waals surface area contributed by atoms with Gasteiger partial charge in [0.15, 0.2) is 0 Å². The summed E-state index contributed by atoms with van der Waals surface area (Å²) in [6, 6.07) is 5.46. The van der Waals surface area contributed by atoms with E-state index in [1.807, 2.05) is 0 Å². The second-order valence-electron chi connectivity index (χ2n) is 3.55. The van der Waals surface area contributed by atoms with E-state index in [0.717, 1.165) is 0 Å². The van der Waals surface area contributed by atoms with Crippen molar-refractivity contribution in [2.45, 2.75) is 6.92 Å². The minimum Gasteiger partial charge on any atom is -0.439 e. The number of nitrogens with zero attached hydrogens (tertiary/aromatic N) is 3. The van der Waals surface area contributed by atoms with Gasteiger partial charge in [0, 0.05) is 18.2 Å². The summed E-state index contributed by atoms with van der Waals surface area (Å²) in [5.41, 5.74) is -0.189. The average Bonchev–Trinajstić information content (AvgIpc) is 2.26. The smallest absolute Gasteiger partial charge is 0.288 e. The molecule has 2 aromatic rings. The summed E-state index contributed by atoms with van der Waals surface area (Å²) >= 11 is 11.5. The van der Waals surface area contributed by atoms with Gasteiger partial charge in [0.2, 0.25) is 5.88 Å². The zero-order valence-electron chi connectivity index (χ0n) is 9.63. The lowest BCUT2D eigenvalue weighted by Crippen LogP contribution is -1.94. The molecule has 0 aliphatic heterocycles. The van der Waals surface area contributed by atoms with Crippen molar-refractivity contribution in [3.8, 4) is 11.6 Å².